The van der Waals surface area contributed by atoms with E-state index in [-0.39, 0.29) is 6.42 Å². The van der Waals surface area contributed by atoms with Crippen LogP contribution >= 0.6 is 7.92 Å². The predicted octanol–water partition coefficient (Wildman–Crippen LogP) is 2.71. The Morgan fingerprint density at radius 3 is 1.24 bits per heavy atom. The van der Waals surface area contributed by atoms with Crippen molar-refractivity contribution in [1.29, 1.82) is 0 Å². The van der Waals surface area contributed by atoms with E-state index in [4.69, 9.17) is 0 Å². The number of rotatable bonds is 5. The van der Waals surface area contributed by atoms with E-state index in [9.17, 15) is 9.90 Å². The first-order valence-corrected chi connectivity index (χ1v) is 9.95. The molecule has 3 aromatic rings. The summed E-state index contributed by atoms with van der Waals surface area (Å²) in [6, 6.07) is 32.5. The number of hydrogen-bond donors (Lipinski definition) is 0. The van der Waals surface area contributed by atoms with Crippen LogP contribution in [0.15, 0.2) is 91.0 Å². The fourth-order valence-corrected chi connectivity index (χ4v) is 5.10. The van der Waals surface area contributed by atoms with Gasteiger partial charge in [0.05, 0.1) is 7.92 Å². The van der Waals surface area contributed by atoms with Crippen LogP contribution in [0.1, 0.15) is 19.8 Å². The first-order chi connectivity index (χ1) is 12.2. The third-order valence-corrected chi connectivity index (χ3v) is 6.37. The number of carboxylic acids is 1. The summed E-state index contributed by atoms with van der Waals surface area (Å²) in [5.74, 6) is -0.961. The van der Waals surface area contributed by atoms with Gasteiger partial charge >= 0.3 is 0 Å². The third kappa shape index (κ3) is 6.17. The summed E-state index contributed by atoms with van der Waals surface area (Å²) in [4.78, 5) is 9.49. The molecule has 0 aliphatic heterocycles. The minimum Gasteiger partial charge on any atom is -0.550 e. The fraction of sp³-hybridized carbons (Fsp3) is 0.136. The molecule has 0 radical (unpaired) electrons. The minimum absolute atomic E-state index is 0.181. The van der Waals surface area contributed by atoms with Crippen molar-refractivity contribution in [2.75, 3.05) is 0 Å². The quantitative estimate of drug-likeness (QED) is 0.664. The van der Waals surface area contributed by atoms with E-state index < -0.39 is 13.9 Å². The predicted molar refractivity (Wildman–Crippen MR) is 106 cm³/mol. The molecule has 25 heavy (non-hydrogen) atoms. The molecule has 3 heteroatoms. The largest absolute Gasteiger partial charge is 0.550 e. The van der Waals surface area contributed by atoms with E-state index in [0.717, 1.165) is 0 Å². The highest BCUT2D eigenvalue weighted by atomic mass is 31.1. The average Bonchev–Trinajstić information content (AvgIpc) is 2.65. The van der Waals surface area contributed by atoms with Crippen molar-refractivity contribution in [3.8, 4) is 0 Å². The Kier molecular flexibility index (Phi) is 7.88. The normalized spacial score (nSPS) is 10.0. The van der Waals surface area contributed by atoms with Crippen molar-refractivity contribution in [1.82, 2.24) is 0 Å². The van der Waals surface area contributed by atoms with Crippen molar-refractivity contribution < 1.29 is 9.90 Å². The van der Waals surface area contributed by atoms with Crippen LogP contribution in [-0.2, 0) is 4.79 Å². The summed E-state index contributed by atoms with van der Waals surface area (Å²) in [5.41, 5.74) is 0. The zero-order valence-corrected chi connectivity index (χ0v) is 15.4. The lowest BCUT2D eigenvalue weighted by Gasteiger charge is -2.10. The van der Waals surface area contributed by atoms with Crippen LogP contribution in [-0.4, -0.2) is 5.97 Å². The van der Waals surface area contributed by atoms with Crippen LogP contribution in [0.25, 0.3) is 0 Å². The maximum atomic E-state index is 9.49. The van der Waals surface area contributed by atoms with Gasteiger partial charge in [-0.05, 0) is 42.8 Å². The van der Waals surface area contributed by atoms with Gasteiger partial charge in [-0.25, -0.2) is 0 Å². The maximum absolute atomic E-state index is 9.49. The summed E-state index contributed by atoms with van der Waals surface area (Å²) >= 11 is 0. The molecule has 3 rings (SSSR count). The smallest absolute Gasteiger partial charge is 0.102 e. The zero-order valence-electron chi connectivity index (χ0n) is 14.4. The molecule has 0 fully saturated rings. The van der Waals surface area contributed by atoms with Crippen molar-refractivity contribution in [3.63, 3.8) is 0 Å². The molecular weight excluding hydrogens is 327 g/mol. The van der Waals surface area contributed by atoms with E-state index in [1.54, 1.807) is 6.92 Å². The van der Waals surface area contributed by atoms with E-state index in [1.807, 2.05) is 0 Å². The topological polar surface area (TPSA) is 40.1 Å². The molecule has 0 unspecified atom stereocenters. The maximum Gasteiger partial charge on any atom is 0.102 e. The molecule has 2 nitrogen and oxygen atoms in total. The standard InChI is InChI=1S/C18H15P.C4H8O2/c1-4-10-16(11-5-1)19(17-12-6-2-7-13-17)18-14-8-3-9-15-18;1-2-3-4(5)6/h1-15H;2-3H2,1H3,(H,5,6). The first-order valence-electron chi connectivity index (χ1n) is 8.45. The lowest BCUT2D eigenvalue weighted by Crippen LogP contribution is -2.20. The Balaban J connectivity index is 0.000000326. The van der Waals surface area contributed by atoms with Crippen LogP contribution in [0.4, 0.5) is 0 Å². The number of carbonyl (C=O) groups is 1. The van der Waals surface area contributed by atoms with E-state index in [0.29, 0.717) is 6.42 Å². The van der Waals surface area contributed by atoms with Gasteiger partial charge in [0, 0.05) is 5.97 Å². The molecule has 3 aromatic carbocycles. The molecule has 0 aliphatic rings. The Hall–Kier alpha value is -2.44. The monoisotopic (exact) mass is 350 g/mol. The summed E-state index contributed by atoms with van der Waals surface area (Å²) in [7, 11) is -0.877. The second-order valence-corrected chi connectivity index (χ2v) is 8.08. The van der Waals surface area contributed by atoms with Crippen LogP contribution in [0.3, 0.4) is 0 Å². The number of benzene rings is 3. The number of aliphatic carboxylic acids is 1. The molecule has 0 atom stereocenters. The van der Waals surface area contributed by atoms with Crippen LogP contribution in [0.2, 0.25) is 0 Å². The van der Waals surface area contributed by atoms with Gasteiger partial charge in [0.2, 0.25) is 0 Å². The van der Waals surface area contributed by atoms with Gasteiger partial charge in [0.25, 0.3) is 0 Å². The number of hydrogen-bond acceptors (Lipinski definition) is 2. The fourth-order valence-electron chi connectivity index (χ4n) is 2.52. The highest BCUT2D eigenvalue weighted by Crippen LogP contribution is 2.32. The van der Waals surface area contributed by atoms with Crippen LogP contribution in [0.5, 0.6) is 0 Å². The number of carboxylic acid groups (broad SMARTS) is 1. The molecule has 128 valence electrons. The van der Waals surface area contributed by atoms with Crippen molar-refractivity contribution >= 4 is 29.8 Å². The van der Waals surface area contributed by atoms with Gasteiger partial charge in [0.1, 0.15) is 15.9 Å². The van der Waals surface area contributed by atoms with Crippen molar-refractivity contribution in [2.24, 2.45) is 0 Å². The van der Waals surface area contributed by atoms with Gasteiger partial charge in [-0.3, -0.25) is 0 Å². The highest BCUT2D eigenvalue weighted by molar-refractivity contribution is 7.79. The third-order valence-electron chi connectivity index (χ3n) is 3.64. The Bertz CT molecular complexity index is 649. The Morgan fingerprint density at radius 2 is 1.04 bits per heavy atom. The van der Waals surface area contributed by atoms with Gasteiger partial charge in [0.15, 0.2) is 0 Å². The highest BCUT2D eigenvalue weighted by Gasteiger charge is 2.24. The Morgan fingerprint density at radius 1 is 0.720 bits per heavy atom. The molecule has 0 bridgehead atoms. The second kappa shape index (κ2) is 10.4. The van der Waals surface area contributed by atoms with Gasteiger partial charge in [-0.2, -0.15) is 0 Å². The SMILES string of the molecule is CCCC(=O)[O-].c1ccc([PH+](c2ccccc2)c2ccccc2)cc1. The molecular formula is C22H23O2P. The first kappa shape index (κ1) is 18.9. The lowest BCUT2D eigenvalue weighted by molar-refractivity contribution is -0.305. The molecule has 0 saturated heterocycles. The minimum atomic E-state index is -0.961. The van der Waals surface area contributed by atoms with E-state index in [2.05, 4.69) is 91.0 Å². The van der Waals surface area contributed by atoms with Gasteiger partial charge < -0.3 is 9.90 Å². The number of carbonyl (C=O) groups excluding carboxylic acids is 1. The molecule has 0 amide bonds. The molecule has 0 saturated carbocycles. The zero-order chi connectivity index (χ0) is 17.9. The molecule has 0 N–H and O–H groups in total. The van der Waals surface area contributed by atoms with Crippen molar-refractivity contribution in [2.45, 2.75) is 19.8 Å². The van der Waals surface area contributed by atoms with E-state index >= 15 is 0 Å². The molecule has 0 heterocycles. The summed E-state index contributed by atoms with van der Waals surface area (Å²) in [5, 5.41) is 13.8. The summed E-state index contributed by atoms with van der Waals surface area (Å²) in [6.45, 7) is 1.80. The molecule has 0 aliphatic carbocycles. The van der Waals surface area contributed by atoms with Crippen LogP contribution < -0.4 is 21.0 Å². The van der Waals surface area contributed by atoms with E-state index in [1.165, 1.54) is 15.9 Å². The molecule has 0 aromatic heterocycles. The van der Waals surface area contributed by atoms with Gasteiger partial charge in [-0.15, -0.1) is 0 Å². The summed E-state index contributed by atoms with van der Waals surface area (Å²) in [6.07, 6.45) is 0.850. The average molecular weight is 350 g/mol. The second-order valence-electron chi connectivity index (χ2n) is 5.60. The van der Waals surface area contributed by atoms with Gasteiger partial charge in [-0.1, -0.05) is 67.9 Å². The van der Waals surface area contributed by atoms with Crippen molar-refractivity contribution in [3.05, 3.63) is 91.0 Å². The Labute approximate surface area is 150 Å². The lowest BCUT2D eigenvalue weighted by atomic mass is 10.4. The molecule has 0 spiro atoms. The van der Waals surface area contributed by atoms with Crippen LogP contribution in [0, 0.1) is 0 Å². The summed E-state index contributed by atoms with van der Waals surface area (Å²) < 4.78 is 0.